The van der Waals surface area contributed by atoms with Crippen LogP contribution in [0.2, 0.25) is 0 Å². The molecule has 0 amide bonds. The van der Waals surface area contributed by atoms with Crippen molar-refractivity contribution in [3.8, 4) is 0 Å². The van der Waals surface area contributed by atoms with Crippen LogP contribution in [0.5, 0.6) is 0 Å². The maximum absolute atomic E-state index is 4.22. The molecule has 1 atom stereocenters. The molecule has 0 aromatic carbocycles. The summed E-state index contributed by atoms with van der Waals surface area (Å²) < 4.78 is 0. The van der Waals surface area contributed by atoms with Crippen molar-refractivity contribution in [2.75, 3.05) is 0 Å². The molecule has 0 aliphatic heterocycles. The zero-order valence-corrected chi connectivity index (χ0v) is 21.2. The summed E-state index contributed by atoms with van der Waals surface area (Å²) in [6.45, 7) is 8.89. The van der Waals surface area contributed by atoms with Gasteiger partial charge < -0.3 is 0 Å². The van der Waals surface area contributed by atoms with E-state index in [2.05, 4.69) is 20.8 Å². The molecule has 2 rings (SSSR count). The maximum atomic E-state index is 4.22. The monoisotopic (exact) mass is 417 g/mol. The van der Waals surface area contributed by atoms with E-state index >= 15 is 0 Å². The normalized spacial score (nSPS) is 28.5. The van der Waals surface area contributed by atoms with E-state index in [1.165, 1.54) is 109 Å². The predicted molar refractivity (Wildman–Crippen MR) is 136 cm³/mol. The number of unbranched alkanes of at least 4 members (excludes halogenated alkanes) is 5. The first-order chi connectivity index (χ1) is 14.8. The van der Waals surface area contributed by atoms with E-state index in [1.807, 2.05) is 0 Å². The van der Waals surface area contributed by atoms with Gasteiger partial charge in [-0.2, -0.15) is 0 Å². The Balaban J connectivity index is 1.57. The molecule has 177 valence electrons. The van der Waals surface area contributed by atoms with Gasteiger partial charge in [-0.3, -0.25) is 0 Å². The molecule has 0 heterocycles. The van der Waals surface area contributed by atoms with Gasteiger partial charge in [0.25, 0.3) is 0 Å². The van der Waals surface area contributed by atoms with Crippen LogP contribution in [0.1, 0.15) is 155 Å². The Morgan fingerprint density at radius 1 is 0.567 bits per heavy atom. The zero-order chi connectivity index (χ0) is 21.4. The van der Waals surface area contributed by atoms with Gasteiger partial charge in [-0.15, -0.1) is 0 Å². The highest BCUT2D eigenvalue weighted by Gasteiger charge is 2.27. The fourth-order valence-electron chi connectivity index (χ4n) is 6.83. The largest absolute Gasteiger partial charge is 0.0654 e. The van der Waals surface area contributed by atoms with Crippen LogP contribution in [0.25, 0.3) is 0 Å². The molecule has 0 spiro atoms. The van der Waals surface area contributed by atoms with Crippen LogP contribution in [-0.2, 0) is 0 Å². The summed E-state index contributed by atoms with van der Waals surface area (Å²) in [7, 11) is 0. The van der Waals surface area contributed by atoms with E-state index in [0.717, 1.165) is 36.0 Å². The van der Waals surface area contributed by atoms with Crippen molar-refractivity contribution >= 4 is 0 Å². The number of hydrogen-bond acceptors (Lipinski definition) is 0. The van der Waals surface area contributed by atoms with Gasteiger partial charge in [0, 0.05) is 0 Å². The van der Waals surface area contributed by atoms with E-state index in [0.29, 0.717) is 0 Å². The van der Waals surface area contributed by atoms with Crippen molar-refractivity contribution in [1.29, 1.82) is 0 Å². The van der Waals surface area contributed by atoms with Crippen LogP contribution >= 0.6 is 0 Å². The van der Waals surface area contributed by atoms with Gasteiger partial charge in [-0.1, -0.05) is 149 Å². The number of rotatable bonds is 16. The molecule has 0 aromatic heterocycles. The smallest absolute Gasteiger partial charge is 0.0386 e. The minimum Gasteiger partial charge on any atom is -0.0654 e. The van der Waals surface area contributed by atoms with Crippen LogP contribution in [0, 0.1) is 36.5 Å². The van der Waals surface area contributed by atoms with Gasteiger partial charge in [-0.05, 0) is 42.4 Å². The van der Waals surface area contributed by atoms with Gasteiger partial charge in [0.1, 0.15) is 0 Å². The molecule has 0 bridgehead atoms. The van der Waals surface area contributed by atoms with Crippen LogP contribution < -0.4 is 0 Å². The Labute approximate surface area is 191 Å². The molecule has 2 aliphatic carbocycles. The summed E-state index contributed by atoms with van der Waals surface area (Å²) in [5, 5.41) is 0. The van der Waals surface area contributed by atoms with Gasteiger partial charge in [-0.25, -0.2) is 0 Å². The maximum Gasteiger partial charge on any atom is -0.0386 e. The predicted octanol–water partition coefficient (Wildman–Crippen LogP) is 10.6. The molecular formula is C30H57. The summed E-state index contributed by atoms with van der Waals surface area (Å²) in [6.07, 6.45) is 32.6. The first-order valence-corrected chi connectivity index (χ1v) is 14.6. The van der Waals surface area contributed by atoms with E-state index in [-0.39, 0.29) is 0 Å². The summed E-state index contributed by atoms with van der Waals surface area (Å²) >= 11 is 0. The fraction of sp³-hybridized carbons (Fsp3) is 0.967. The first kappa shape index (κ1) is 26.3. The summed E-state index contributed by atoms with van der Waals surface area (Å²) in [4.78, 5) is 0. The minimum absolute atomic E-state index is 0.995. The van der Waals surface area contributed by atoms with Crippen LogP contribution in [0.3, 0.4) is 0 Å². The van der Waals surface area contributed by atoms with E-state index < -0.39 is 0 Å². The summed E-state index contributed by atoms with van der Waals surface area (Å²) in [5.41, 5.74) is 0. The lowest BCUT2D eigenvalue weighted by atomic mass is 9.71. The fourth-order valence-corrected chi connectivity index (χ4v) is 6.83. The molecule has 2 aliphatic rings. The van der Waals surface area contributed by atoms with Gasteiger partial charge >= 0.3 is 0 Å². The average Bonchev–Trinajstić information content (AvgIpc) is 2.78. The Morgan fingerprint density at radius 3 is 1.63 bits per heavy atom. The molecule has 0 aromatic rings. The molecular weight excluding hydrogens is 360 g/mol. The molecule has 0 heteroatoms. The second-order valence-corrected chi connectivity index (χ2v) is 11.3. The van der Waals surface area contributed by atoms with Crippen molar-refractivity contribution in [2.24, 2.45) is 29.6 Å². The van der Waals surface area contributed by atoms with Crippen molar-refractivity contribution in [3.63, 3.8) is 0 Å². The third kappa shape index (κ3) is 10.5. The molecule has 0 saturated heterocycles. The Kier molecular flexibility index (Phi) is 14.5. The molecule has 0 N–H and O–H groups in total. The Hall–Kier alpha value is 0. The van der Waals surface area contributed by atoms with Crippen molar-refractivity contribution in [1.82, 2.24) is 0 Å². The lowest BCUT2D eigenvalue weighted by Gasteiger charge is -2.35. The Morgan fingerprint density at radius 2 is 1.07 bits per heavy atom. The molecule has 30 heavy (non-hydrogen) atoms. The second kappa shape index (κ2) is 16.6. The molecule has 1 radical (unpaired) electrons. The SMILES string of the molecule is [CH2]CCC(CCCC1CCC(CCCCCCC)CC1)C1CCC(CCCC)CC1. The number of hydrogen-bond donors (Lipinski definition) is 0. The Bertz CT molecular complexity index is 369. The summed E-state index contributed by atoms with van der Waals surface area (Å²) in [6, 6.07) is 0. The third-order valence-electron chi connectivity index (χ3n) is 8.97. The second-order valence-electron chi connectivity index (χ2n) is 11.3. The highest BCUT2D eigenvalue weighted by molar-refractivity contribution is 4.79. The van der Waals surface area contributed by atoms with E-state index in [4.69, 9.17) is 0 Å². The third-order valence-corrected chi connectivity index (χ3v) is 8.97. The first-order valence-electron chi connectivity index (χ1n) is 14.6. The van der Waals surface area contributed by atoms with Gasteiger partial charge in [0.15, 0.2) is 0 Å². The summed E-state index contributed by atoms with van der Waals surface area (Å²) in [5.74, 6) is 5.22. The molecule has 0 nitrogen and oxygen atoms in total. The molecule has 2 saturated carbocycles. The minimum atomic E-state index is 0.995. The van der Waals surface area contributed by atoms with Crippen molar-refractivity contribution in [2.45, 2.75) is 155 Å². The van der Waals surface area contributed by atoms with Crippen LogP contribution in [-0.4, -0.2) is 0 Å². The van der Waals surface area contributed by atoms with Gasteiger partial charge in [0.05, 0.1) is 0 Å². The van der Waals surface area contributed by atoms with E-state index in [9.17, 15) is 0 Å². The lowest BCUT2D eigenvalue weighted by molar-refractivity contribution is 0.173. The highest BCUT2D eigenvalue weighted by Crippen LogP contribution is 2.40. The molecule has 2 fully saturated rings. The quantitative estimate of drug-likeness (QED) is 0.219. The lowest BCUT2D eigenvalue weighted by Crippen LogP contribution is -2.22. The highest BCUT2D eigenvalue weighted by atomic mass is 14.3. The van der Waals surface area contributed by atoms with E-state index in [1.54, 1.807) is 25.7 Å². The standard InChI is InChI=1S/C30H57/c1-4-7-9-10-11-15-27-18-20-28(21-19-27)16-12-17-29(13-6-3)30-24-22-26(23-25-30)14-8-5-2/h26-30H,3-25H2,1-2H3. The van der Waals surface area contributed by atoms with Crippen molar-refractivity contribution in [3.05, 3.63) is 6.92 Å². The molecule has 1 unspecified atom stereocenters. The van der Waals surface area contributed by atoms with Gasteiger partial charge in [0.2, 0.25) is 0 Å². The van der Waals surface area contributed by atoms with Crippen LogP contribution in [0.4, 0.5) is 0 Å². The van der Waals surface area contributed by atoms with Crippen LogP contribution in [0.15, 0.2) is 0 Å². The average molecular weight is 418 g/mol. The zero-order valence-electron chi connectivity index (χ0n) is 21.2. The topological polar surface area (TPSA) is 0 Å². The van der Waals surface area contributed by atoms with Crippen molar-refractivity contribution < 1.29 is 0 Å².